The molecule has 1 unspecified atom stereocenters. The summed E-state index contributed by atoms with van der Waals surface area (Å²) in [4.78, 5) is 15.7. The van der Waals surface area contributed by atoms with Crippen LogP contribution < -0.4 is 0 Å². The average Bonchev–Trinajstić information content (AvgIpc) is 3.03. The Balaban J connectivity index is 1.90. The molecule has 5 nitrogen and oxygen atoms in total. The summed E-state index contributed by atoms with van der Waals surface area (Å²) in [7, 11) is 0. The van der Waals surface area contributed by atoms with Crippen molar-refractivity contribution in [3.63, 3.8) is 0 Å². The van der Waals surface area contributed by atoms with Crippen LogP contribution in [0.5, 0.6) is 0 Å². The van der Waals surface area contributed by atoms with E-state index in [0.29, 0.717) is 25.5 Å². The molecular formula is C19H29NO4S. The number of piperidine rings is 1. The van der Waals surface area contributed by atoms with Gasteiger partial charge in [0.1, 0.15) is 11.4 Å². The number of carbonyl (C=O) groups excluding carboxylic acids is 1. The Hall–Kier alpha value is -1.53. The van der Waals surface area contributed by atoms with Crippen LogP contribution in [0.25, 0.3) is 5.76 Å². The van der Waals surface area contributed by atoms with Crippen molar-refractivity contribution in [2.45, 2.75) is 52.2 Å². The van der Waals surface area contributed by atoms with Crippen LogP contribution in [0.1, 0.15) is 56.4 Å². The van der Waals surface area contributed by atoms with Gasteiger partial charge < -0.3 is 19.5 Å². The van der Waals surface area contributed by atoms with Gasteiger partial charge in [0.05, 0.1) is 17.6 Å². The fraction of sp³-hybridized carbons (Fsp3) is 0.632. The Morgan fingerprint density at radius 2 is 2.04 bits per heavy atom. The Morgan fingerprint density at radius 3 is 2.60 bits per heavy atom. The van der Waals surface area contributed by atoms with Gasteiger partial charge in [0, 0.05) is 18.0 Å². The van der Waals surface area contributed by atoms with Gasteiger partial charge in [-0.15, -0.1) is 11.3 Å². The molecule has 2 heterocycles. The zero-order valence-electron chi connectivity index (χ0n) is 15.6. The van der Waals surface area contributed by atoms with E-state index in [4.69, 9.17) is 9.47 Å². The van der Waals surface area contributed by atoms with Crippen LogP contribution in [0.3, 0.4) is 0 Å². The summed E-state index contributed by atoms with van der Waals surface area (Å²) in [6.07, 6.45) is 0.737. The first kappa shape index (κ1) is 19.8. The molecule has 140 valence electrons. The highest BCUT2D eigenvalue weighted by molar-refractivity contribution is 7.13. The van der Waals surface area contributed by atoms with E-state index in [1.807, 2.05) is 39.8 Å². The Morgan fingerprint density at radius 1 is 1.40 bits per heavy atom. The SMILES string of the molecule is C=C(OCC)c1ccc(C(O)C2CCN(C(=O)OC(C)(C)C)CC2)s1. The molecule has 1 fully saturated rings. The van der Waals surface area contributed by atoms with E-state index < -0.39 is 11.7 Å². The van der Waals surface area contributed by atoms with Gasteiger partial charge in [-0.1, -0.05) is 6.58 Å². The fourth-order valence-corrected chi connectivity index (χ4v) is 3.88. The molecule has 1 aliphatic rings. The molecule has 0 spiro atoms. The monoisotopic (exact) mass is 367 g/mol. The topological polar surface area (TPSA) is 59.0 Å². The normalized spacial score (nSPS) is 17.2. The highest BCUT2D eigenvalue weighted by Gasteiger charge is 2.31. The van der Waals surface area contributed by atoms with Crippen molar-refractivity contribution in [2.24, 2.45) is 5.92 Å². The van der Waals surface area contributed by atoms with Crippen molar-refractivity contribution >= 4 is 23.2 Å². The summed E-state index contributed by atoms with van der Waals surface area (Å²) in [5, 5.41) is 10.7. The first-order valence-corrected chi connectivity index (χ1v) is 9.60. The third-order valence-electron chi connectivity index (χ3n) is 4.15. The molecule has 0 saturated carbocycles. The smallest absolute Gasteiger partial charge is 0.410 e. The number of aliphatic hydroxyl groups excluding tert-OH is 1. The molecule has 25 heavy (non-hydrogen) atoms. The number of nitrogens with zero attached hydrogens (tertiary/aromatic N) is 1. The minimum Gasteiger partial charge on any atom is -0.493 e. The summed E-state index contributed by atoms with van der Waals surface area (Å²) in [6, 6.07) is 3.88. The van der Waals surface area contributed by atoms with E-state index in [0.717, 1.165) is 22.6 Å². The number of ether oxygens (including phenoxy) is 2. The van der Waals surface area contributed by atoms with E-state index in [1.54, 1.807) is 4.90 Å². The highest BCUT2D eigenvalue weighted by Crippen LogP contribution is 2.36. The summed E-state index contributed by atoms with van der Waals surface area (Å²) >= 11 is 1.52. The molecule has 1 saturated heterocycles. The number of amides is 1. The minimum atomic E-state index is -0.519. The lowest BCUT2D eigenvalue weighted by molar-refractivity contribution is 0.00809. The molecule has 0 radical (unpaired) electrons. The maximum Gasteiger partial charge on any atom is 0.410 e. The average molecular weight is 368 g/mol. The third kappa shape index (κ3) is 5.47. The molecular weight excluding hydrogens is 338 g/mol. The second-order valence-corrected chi connectivity index (χ2v) is 8.42. The van der Waals surface area contributed by atoms with E-state index in [1.165, 1.54) is 11.3 Å². The predicted molar refractivity (Wildman–Crippen MR) is 100 cm³/mol. The summed E-state index contributed by atoms with van der Waals surface area (Å²) < 4.78 is 10.8. The molecule has 0 aromatic carbocycles. The lowest BCUT2D eigenvalue weighted by Gasteiger charge is -2.35. The quantitative estimate of drug-likeness (QED) is 0.782. The first-order valence-electron chi connectivity index (χ1n) is 8.79. The predicted octanol–water partition coefficient (Wildman–Crippen LogP) is 4.44. The highest BCUT2D eigenvalue weighted by atomic mass is 32.1. The van der Waals surface area contributed by atoms with Gasteiger partial charge in [-0.25, -0.2) is 4.79 Å². The first-order chi connectivity index (χ1) is 11.7. The van der Waals surface area contributed by atoms with Crippen LogP contribution in [0.2, 0.25) is 0 Å². The van der Waals surface area contributed by atoms with Crippen molar-refractivity contribution in [1.82, 2.24) is 4.90 Å². The molecule has 1 amide bonds. The van der Waals surface area contributed by atoms with Crippen LogP contribution in [-0.4, -0.2) is 41.4 Å². The Bertz CT molecular complexity index is 597. The lowest BCUT2D eigenvalue weighted by Crippen LogP contribution is -2.42. The van der Waals surface area contributed by atoms with Gasteiger partial charge in [0.15, 0.2) is 0 Å². The molecule has 0 bridgehead atoms. The fourth-order valence-electron chi connectivity index (χ4n) is 2.86. The number of hydrogen-bond donors (Lipinski definition) is 1. The van der Waals surface area contributed by atoms with Gasteiger partial charge >= 0.3 is 6.09 Å². The number of hydrogen-bond acceptors (Lipinski definition) is 5. The molecule has 1 aromatic heterocycles. The molecule has 1 aliphatic heterocycles. The molecule has 0 aliphatic carbocycles. The zero-order chi connectivity index (χ0) is 18.6. The zero-order valence-corrected chi connectivity index (χ0v) is 16.4. The van der Waals surface area contributed by atoms with Crippen LogP contribution in [0.15, 0.2) is 18.7 Å². The largest absolute Gasteiger partial charge is 0.493 e. The van der Waals surface area contributed by atoms with Crippen molar-refractivity contribution in [3.05, 3.63) is 28.5 Å². The lowest BCUT2D eigenvalue weighted by atomic mass is 9.90. The molecule has 6 heteroatoms. The van der Waals surface area contributed by atoms with E-state index in [-0.39, 0.29) is 12.0 Å². The number of aliphatic hydroxyl groups is 1. The maximum atomic E-state index is 12.1. The molecule has 1 atom stereocenters. The van der Waals surface area contributed by atoms with Gasteiger partial charge in [-0.3, -0.25) is 0 Å². The second-order valence-electron chi connectivity index (χ2n) is 7.31. The van der Waals surface area contributed by atoms with Crippen LogP contribution in [-0.2, 0) is 9.47 Å². The van der Waals surface area contributed by atoms with Crippen molar-refractivity contribution in [2.75, 3.05) is 19.7 Å². The van der Waals surface area contributed by atoms with Crippen molar-refractivity contribution < 1.29 is 19.4 Å². The standard InChI is InChI=1S/C19H29NO4S/c1-6-23-13(2)15-7-8-16(25-15)17(21)14-9-11-20(12-10-14)18(22)24-19(3,4)5/h7-8,14,17,21H,2,6,9-12H2,1,3-5H3. The van der Waals surface area contributed by atoms with E-state index in [2.05, 4.69) is 6.58 Å². The van der Waals surface area contributed by atoms with Crippen LogP contribution in [0, 0.1) is 5.92 Å². The summed E-state index contributed by atoms with van der Waals surface area (Å²) in [5.74, 6) is 0.788. The number of likely N-dealkylation sites (tertiary alicyclic amines) is 1. The minimum absolute atomic E-state index is 0.144. The van der Waals surface area contributed by atoms with Gasteiger partial charge in [-0.05, 0) is 58.6 Å². The number of rotatable bonds is 5. The van der Waals surface area contributed by atoms with Crippen LogP contribution >= 0.6 is 11.3 Å². The summed E-state index contributed by atoms with van der Waals surface area (Å²) in [6.45, 7) is 13.2. The van der Waals surface area contributed by atoms with Crippen molar-refractivity contribution in [3.8, 4) is 0 Å². The number of thiophene rings is 1. The van der Waals surface area contributed by atoms with Crippen LogP contribution in [0.4, 0.5) is 4.79 Å². The number of carbonyl (C=O) groups is 1. The third-order valence-corrected chi connectivity index (χ3v) is 5.35. The van der Waals surface area contributed by atoms with E-state index >= 15 is 0 Å². The molecule has 1 aromatic rings. The van der Waals surface area contributed by atoms with Crippen molar-refractivity contribution in [1.29, 1.82) is 0 Å². The van der Waals surface area contributed by atoms with Gasteiger partial charge in [-0.2, -0.15) is 0 Å². The van der Waals surface area contributed by atoms with Gasteiger partial charge in [0.25, 0.3) is 0 Å². The van der Waals surface area contributed by atoms with E-state index in [9.17, 15) is 9.90 Å². The molecule has 1 N–H and O–H groups in total. The Labute approximate surface area is 154 Å². The molecule has 2 rings (SSSR count). The van der Waals surface area contributed by atoms with Gasteiger partial charge in [0.2, 0.25) is 0 Å². The Kier molecular flexibility index (Phi) is 6.52. The second kappa shape index (κ2) is 8.23. The maximum absolute atomic E-state index is 12.1. The summed E-state index contributed by atoms with van der Waals surface area (Å²) in [5.41, 5.74) is -0.482.